The zero-order valence-electron chi connectivity index (χ0n) is 22.4. The lowest BCUT2D eigenvalue weighted by atomic mass is 9.77. The molecule has 0 saturated carbocycles. The van der Waals surface area contributed by atoms with E-state index in [2.05, 4.69) is 50.4 Å². The largest absolute Gasteiger partial charge is 0.497 e. The van der Waals surface area contributed by atoms with E-state index in [1.807, 2.05) is 35.2 Å². The van der Waals surface area contributed by atoms with Gasteiger partial charge in [-0.25, -0.2) is 0 Å². The molecule has 1 spiro atoms. The summed E-state index contributed by atoms with van der Waals surface area (Å²) in [5.74, 6) is 0.955. The molecule has 1 unspecified atom stereocenters. The average Bonchev–Trinajstić information content (AvgIpc) is 3.27. The van der Waals surface area contributed by atoms with Gasteiger partial charge in [-0.1, -0.05) is 58.4 Å². The van der Waals surface area contributed by atoms with Crippen LogP contribution in [-0.4, -0.2) is 54.9 Å². The van der Waals surface area contributed by atoms with Crippen molar-refractivity contribution >= 4 is 27.7 Å². The molecule has 2 heterocycles. The van der Waals surface area contributed by atoms with Gasteiger partial charge < -0.3 is 19.9 Å². The Labute approximate surface area is 239 Å². The summed E-state index contributed by atoms with van der Waals surface area (Å²) in [6, 6.07) is 25.5. The summed E-state index contributed by atoms with van der Waals surface area (Å²) >= 11 is 3.48. The lowest BCUT2D eigenvalue weighted by Gasteiger charge is -2.38. The fraction of sp³-hybridized carbons (Fsp3) is 0.375. The number of methoxy groups -OCH3 is 1. The molecule has 2 saturated heterocycles. The number of rotatable bonds is 9. The van der Waals surface area contributed by atoms with E-state index in [1.165, 1.54) is 5.56 Å². The lowest BCUT2D eigenvalue weighted by molar-refractivity contribution is -0.138. The SMILES string of the molecule is COc1ccc(C(=O)NC(CCN2CCC3(CC2)CCN(Cc2ccc(Br)cc2)C3=O)c2ccccc2)cc1. The number of amides is 2. The maximum Gasteiger partial charge on any atom is 0.251 e. The number of ether oxygens (including phenoxy) is 1. The normalized spacial score (nSPS) is 17.8. The number of nitrogens with zero attached hydrogens (tertiary/aromatic N) is 2. The molecule has 2 aliphatic heterocycles. The Balaban J connectivity index is 1.16. The summed E-state index contributed by atoms with van der Waals surface area (Å²) < 4.78 is 6.27. The summed E-state index contributed by atoms with van der Waals surface area (Å²) in [5.41, 5.74) is 2.67. The third-order valence-electron chi connectivity index (χ3n) is 8.29. The predicted octanol–water partition coefficient (Wildman–Crippen LogP) is 5.83. The van der Waals surface area contributed by atoms with Crippen molar-refractivity contribution in [1.82, 2.24) is 15.1 Å². The highest BCUT2D eigenvalue weighted by Gasteiger charge is 2.47. The van der Waals surface area contributed by atoms with Gasteiger partial charge in [-0.2, -0.15) is 0 Å². The highest BCUT2D eigenvalue weighted by atomic mass is 79.9. The van der Waals surface area contributed by atoms with Gasteiger partial charge in [0.1, 0.15) is 5.75 Å². The van der Waals surface area contributed by atoms with Crippen LogP contribution in [0.4, 0.5) is 0 Å². The number of hydrogen-bond donors (Lipinski definition) is 1. The first-order valence-electron chi connectivity index (χ1n) is 13.7. The molecule has 7 heteroatoms. The molecular formula is C32H36BrN3O3. The first-order valence-corrected chi connectivity index (χ1v) is 14.5. The van der Waals surface area contributed by atoms with Crippen molar-refractivity contribution < 1.29 is 14.3 Å². The van der Waals surface area contributed by atoms with E-state index < -0.39 is 0 Å². The molecule has 1 N–H and O–H groups in total. The highest BCUT2D eigenvalue weighted by Crippen LogP contribution is 2.42. The molecule has 5 rings (SSSR count). The van der Waals surface area contributed by atoms with Crippen molar-refractivity contribution in [3.8, 4) is 5.75 Å². The van der Waals surface area contributed by atoms with Gasteiger partial charge in [0, 0.05) is 29.7 Å². The van der Waals surface area contributed by atoms with Gasteiger partial charge in [0.2, 0.25) is 5.91 Å². The summed E-state index contributed by atoms with van der Waals surface area (Å²) in [4.78, 5) is 31.0. The smallest absolute Gasteiger partial charge is 0.251 e. The summed E-state index contributed by atoms with van der Waals surface area (Å²) in [5, 5.41) is 3.24. The van der Waals surface area contributed by atoms with Crippen LogP contribution < -0.4 is 10.1 Å². The number of hydrogen-bond acceptors (Lipinski definition) is 4. The number of carbonyl (C=O) groups excluding carboxylic acids is 2. The first kappa shape index (κ1) is 27.4. The fourth-order valence-corrected chi connectivity index (χ4v) is 6.09. The molecule has 2 amide bonds. The summed E-state index contributed by atoms with van der Waals surface area (Å²) in [7, 11) is 1.62. The van der Waals surface area contributed by atoms with E-state index in [0.717, 1.165) is 67.6 Å². The fourth-order valence-electron chi connectivity index (χ4n) is 5.83. The quantitative estimate of drug-likeness (QED) is 0.341. The second kappa shape index (κ2) is 12.3. The van der Waals surface area contributed by atoms with Crippen molar-refractivity contribution in [2.24, 2.45) is 5.41 Å². The molecule has 0 bridgehead atoms. The van der Waals surface area contributed by atoms with Crippen LogP contribution in [0.2, 0.25) is 0 Å². The number of carbonyl (C=O) groups is 2. The Hall–Kier alpha value is -3.16. The van der Waals surface area contributed by atoms with E-state index in [-0.39, 0.29) is 17.4 Å². The zero-order valence-corrected chi connectivity index (χ0v) is 24.0. The van der Waals surface area contributed by atoms with Crippen LogP contribution >= 0.6 is 15.9 Å². The molecule has 1 atom stereocenters. The molecule has 6 nitrogen and oxygen atoms in total. The third-order valence-corrected chi connectivity index (χ3v) is 8.82. The highest BCUT2D eigenvalue weighted by molar-refractivity contribution is 9.10. The molecule has 3 aromatic carbocycles. The topological polar surface area (TPSA) is 61.9 Å². The molecular weight excluding hydrogens is 554 g/mol. The standard InChI is InChI=1S/C32H36BrN3O3/c1-39-28-13-9-26(10-14-28)30(37)34-29(25-5-3-2-4-6-25)15-19-35-20-16-32(17-21-35)18-22-36(31(32)38)23-24-7-11-27(33)12-8-24/h2-14,29H,15-23H2,1H3,(H,34,37). The number of halogens is 1. The van der Waals surface area contributed by atoms with Crippen LogP contribution in [0.25, 0.3) is 0 Å². The third kappa shape index (κ3) is 6.53. The van der Waals surface area contributed by atoms with Crippen molar-refractivity contribution in [2.75, 3.05) is 33.3 Å². The Morgan fingerprint density at radius 2 is 1.62 bits per heavy atom. The number of likely N-dealkylation sites (tertiary alicyclic amines) is 2. The van der Waals surface area contributed by atoms with E-state index >= 15 is 0 Å². The van der Waals surface area contributed by atoms with Gasteiger partial charge in [-0.3, -0.25) is 9.59 Å². The molecule has 0 radical (unpaired) electrons. The zero-order chi connectivity index (χ0) is 27.2. The molecule has 204 valence electrons. The Kier molecular flexibility index (Phi) is 8.68. The first-order chi connectivity index (χ1) is 19.0. The van der Waals surface area contributed by atoms with Gasteiger partial charge in [0.15, 0.2) is 0 Å². The van der Waals surface area contributed by atoms with Crippen LogP contribution in [0.5, 0.6) is 5.75 Å². The minimum atomic E-state index is -0.215. The van der Waals surface area contributed by atoms with Crippen LogP contribution in [0, 0.1) is 5.41 Å². The summed E-state index contributed by atoms with van der Waals surface area (Å²) in [6.45, 7) is 4.21. The van der Waals surface area contributed by atoms with Crippen molar-refractivity contribution in [2.45, 2.75) is 38.3 Å². The Morgan fingerprint density at radius 1 is 0.949 bits per heavy atom. The van der Waals surface area contributed by atoms with Crippen LogP contribution in [0.15, 0.2) is 83.3 Å². The van der Waals surface area contributed by atoms with Gasteiger partial charge >= 0.3 is 0 Å². The predicted molar refractivity (Wildman–Crippen MR) is 157 cm³/mol. The molecule has 3 aromatic rings. The maximum atomic E-state index is 13.5. The van der Waals surface area contributed by atoms with Gasteiger partial charge in [0.25, 0.3) is 5.91 Å². The number of nitrogens with one attached hydrogen (secondary N) is 1. The Morgan fingerprint density at radius 3 is 2.28 bits per heavy atom. The van der Waals surface area contributed by atoms with Gasteiger partial charge in [-0.15, -0.1) is 0 Å². The minimum absolute atomic E-state index is 0.0912. The van der Waals surface area contributed by atoms with Crippen molar-refractivity contribution in [1.29, 1.82) is 0 Å². The van der Waals surface area contributed by atoms with Gasteiger partial charge in [-0.05, 0) is 86.3 Å². The van der Waals surface area contributed by atoms with E-state index in [9.17, 15) is 9.59 Å². The monoisotopic (exact) mass is 589 g/mol. The second-order valence-electron chi connectivity index (χ2n) is 10.7. The van der Waals surface area contributed by atoms with E-state index in [0.29, 0.717) is 18.0 Å². The molecule has 0 aromatic heterocycles. The van der Waals surface area contributed by atoms with Crippen molar-refractivity contribution in [3.05, 3.63) is 100 Å². The van der Waals surface area contributed by atoms with Gasteiger partial charge in [0.05, 0.1) is 18.6 Å². The molecule has 2 aliphatic rings. The number of piperidine rings is 1. The second-order valence-corrected chi connectivity index (χ2v) is 11.6. The van der Waals surface area contributed by atoms with E-state index in [1.54, 1.807) is 31.4 Å². The van der Waals surface area contributed by atoms with Crippen LogP contribution in [0.3, 0.4) is 0 Å². The van der Waals surface area contributed by atoms with Crippen molar-refractivity contribution in [3.63, 3.8) is 0 Å². The average molecular weight is 591 g/mol. The maximum absolute atomic E-state index is 13.5. The summed E-state index contributed by atoms with van der Waals surface area (Å²) in [6.07, 6.45) is 3.55. The Bertz CT molecular complexity index is 1260. The van der Waals surface area contributed by atoms with Crippen LogP contribution in [0.1, 0.15) is 53.2 Å². The minimum Gasteiger partial charge on any atom is -0.497 e. The number of benzene rings is 3. The molecule has 2 fully saturated rings. The molecule has 0 aliphatic carbocycles. The van der Waals surface area contributed by atoms with E-state index in [4.69, 9.17) is 4.74 Å². The molecule has 39 heavy (non-hydrogen) atoms. The lowest BCUT2D eigenvalue weighted by Crippen LogP contribution is -2.45. The van der Waals surface area contributed by atoms with Crippen LogP contribution in [-0.2, 0) is 11.3 Å².